The molecule has 7 heteroatoms. The molecule has 0 unspecified atom stereocenters. The number of nitrogens with one attached hydrogen (secondary N) is 1. The lowest BCUT2D eigenvalue weighted by Crippen LogP contribution is -2.25. The lowest BCUT2D eigenvalue weighted by atomic mass is 10.2. The Morgan fingerprint density at radius 3 is 2.62 bits per heavy atom. The van der Waals surface area contributed by atoms with Crippen molar-refractivity contribution in [2.45, 2.75) is 31.8 Å². The standard InChI is InChI=1S/C14H17FN2O3S/c1-9-13(7-16)14(10(2)20-9)21(18,19)17-8-11-4-3-5-12(15)6-11/h3-6,17H,7-8,16H2,1-2H3. The van der Waals surface area contributed by atoms with Crippen molar-refractivity contribution >= 4 is 10.0 Å². The molecule has 114 valence electrons. The van der Waals surface area contributed by atoms with Crippen LogP contribution in [0.4, 0.5) is 4.39 Å². The second-order valence-corrected chi connectivity index (χ2v) is 6.38. The number of nitrogens with two attached hydrogens (primary N) is 1. The maximum Gasteiger partial charge on any atom is 0.244 e. The summed E-state index contributed by atoms with van der Waals surface area (Å²) in [5.41, 5.74) is 6.58. The van der Waals surface area contributed by atoms with Gasteiger partial charge < -0.3 is 10.2 Å². The summed E-state index contributed by atoms with van der Waals surface area (Å²) in [7, 11) is -3.77. The van der Waals surface area contributed by atoms with E-state index in [-0.39, 0.29) is 18.0 Å². The lowest BCUT2D eigenvalue weighted by molar-refractivity contribution is 0.494. The summed E-state index contributed by atoms with van der Waals surface area (Å²) < 4.78 is 45.6. The molecule has 2 rings (SSSR count). The molecule has 0 aliphatic heterocycles. The van der Waals surface area contributed by atoms with Crippen molar-refractivity contribution in [2.24, 2.45) is 5.73 Å². The number of benzene rings is 1. The molecular formula is C14H17FN2O3S. The Bertz CT molecular complexity index is 754. The van der Waals surface area contributed by atoms with E-state index >= 15 is 0 Å². The van der Waals surface area contributed by atoms with Gasteiger partial charge in [-0.2, -0.15) is 0 Å². The first-order valence-corrected chi connectivity index (χ1v) is 7.86. The van der Waals surface area contributed by atoms with Crippen molar-refractivity contribution in [2.75, 3.05) is 0 Å². The van der Waals surface area contributed by atoms with Gasteiger partial charge >= 0.3 is 0 Å². The van der Waals surface area contributed by atoms with Gasteiger partial charge in [0.1, 0.15) is 22.2 Å². The van der Waals surface area contributed by atoms with E-state index in [1.165, 1.54) is 18.2 Å². The van der Waals surface area contributed by atoms with Crippen molar-refractivity contribution in [3.63, 3.8) is 0 Å². The second kappa shape index (κ2) is 5.97. The predicted octanol–water partition coefficient (Wildman–Crippen LogP) is 1.97. The SMILES string of the molecule is Cc1oc(C)c(S(=O)(=O)NCc2cccc(F)c2)c1CN. The van der Waals surface area contributed by atoms with Crippen LogP contribution in [0.2, 0.25) is 0 Å². The molecule has 0 amide bonds. The Morgan fingerprint density at radius 1 is 1.29 bits per heavy atom. The fourth-order valence-corrected chi connectivity index (χ4v) is 3.67. The number of hydrogen-bond acceptors (Lipinski definition) is 4. The van der Waals surface area contributed by atoms with Crippen molar-refractivity contribution in [3.05, 3.63) is 52.7 Å². The third-order valence-electron chi connectivity index (χ3n) is 3.15. The van der Waals surface area contributed by atoms with Crippen molar-refractivity contribution in [3.8, 4) is 0 Å². The number of hydrogen-bond donors (Lipinski definition) is 2. The molecule has 21 heavy (non-hydrogen) atoms. The zero-order valence-electron chi connectivity index (χ0n) is 11.8. The van der Waals surface area contributed by atoms with E-state index < -0.39 is 15.8 Å². The van der Waals surface area contributed by atoms with Gasteiger partial charge in [-0.1, -0.05) is 12.1 Å². The fraction of sp³-hybridized carbons (Fsp3) is 0.286. The summed E-state index contributed by atoms with van der Waals surface area (Å²) in [5.74, 6) is 0.366. The highest BCUT2D eigenvalue weighted by Gasteiger charge is 2.25. The van der Waals surface area contributed by atoms with Gasteiger partial charge in [0.2, 0.25) is 10.0 Å². The summed E-state index contributed by atoms with van der Waals surface area (Å²) in [6.45, 7) is 3.30. The minimum absolute atomic E-state index is 0.00618. The fourth-order valence-electron chi connectivity index (χ4n) is 2.20. The van der Waals surface area contributed by atoms with Gasteiger partial charge in [-0.25, -0.2) is 17.5 Å². The number of rotatable bonds is 5. The van der Waals surface area contributed by atoms with E-state index in [0.29, 0.717) is 22.6 Å². The topological polar surface area (TPSA) is 85.3 Å². The average molecular weight is 312 g/mol. The highest BCUT2D eigenvalue weighted by atomic mass is 32.2. The van der Waals surface area contributed by atoms with Gasteiger partial charge in [0.05, 0.1) is 0 Å². The summed E-state index contributed by atoms with van der Waals surface area (Å²) in [5, 5.41) is 0. The molecule has 0 radical (unpaired) electrons. The largest absolute Gasteiger partial charge is 0.465 e. The molecule has 0 aliphatic rings. The van der Waals surface area contributed by atoms with Crippen LogP contribution >= 0.6 is 0 Å². The molecule has 0 spiro atoms. The average Bonchev–Trinajstić information content (AvgIpc) is 2.71. The van der Waals surface area contributed by atoms with Crippen LogP contribution in [0.15, 0.2) is 33.6 Å². The molecule has 1 heterocycles. The molecule has 0 aliphatic carbocycles. The third kappa shape index (κ3) is 3.31. The highest BCUT2D eigenvalue weighted by molar-refractivity contribution is 7.89. The zero-order valence-corrected chi connectivity index (χ0v) is 12.6. The van der Waals surface area contributed by atoms with Crippen molar-refractivity contribution in [1.82, 2.24) is 4.72 Å². The normalized spacial score (nSPS) is 11.8. The number of furan rings is 1. The molecule has 0 saturated heterocycles. The maximum atomic E-state index is 13.1. The Morgan fingerprint density at radius 2 is 2.00 bits per heavy atom. The first-order chi connectivity index (χ1) is 9.85. The van der Waals surface area contributed by atoms with Gasteiger partial charge in [-0.3, -0.25) is 0 Å². The van der Waals surface area contributed by atoms with Crippen molar-refractivity contribution in [1.29, 1.82) is 0 Å². The zero-order chi connectivity index (χ0) is 15.6. The molecule has 0 atom stereocenters. The van der Waals surface area contributed by atoms with Crippen LogP contribution in [0.25, 0.3) is 0 Å². The monoisotopic (exact) mass is 312 g/mol. The minimum Gasteiger partial charge on any atom is -0.465 e. The Kier molecular flexibility index (Phi) is 4.46. The van der Waals surface area contributed by atoms with Crippen molar-refractivity contribution < 1.29 is 17.2 Å². The Balaban J connectivity index is 2.27. The summed E-state index contributed by atoms with van der Waals surface area (Å²) >= 11 is 0. The number of sulfonamides is 1. The lowest BCUT2D eigenvalue weighted by Gasteiger charge is -2.08. The van der Waals surface area contributed by atoms with Gasteiger partial charge in [-0.05, 0) is 31.5 Å². The molecule has 0 fully saturated rings. The molecule has 5 nitrogen and oxygen atoms in total. The van der Waals surface area contributed by atoms with Crippen LogP contribution in [0.5, 0.6) is 0 Å². The smallest absolute Gasteiger partial charge is 0.244 e. The quantitative estimate of drug-likeness (QED) is 0.884. The van der Waals surface area contributed by atoms with Crippen LogP contribution in [-0.4, -0.2) is 8.42 Å². The Hall–Kier alpha value is -1.70. The van der Waals surface area contributed by atoms with Crippen LogP contribution in [0, 0.1) is 19.7 Å². The van der Waals surface area contributed by atoms with E-state index in [1.807, 2.05) is 0 Å². The van der Waals surface area contributed by atoms with Crippen LogP contribution < -0.4 is 10.5 Å². The summed E-state index contributed by atoms with van der Waals surface area (Å²) in [6.07, 6.45) is 0. The van der Waals surface area contributed by atoms with E-state index in [2.05, 4.69) is 4.72 Å². The predicted molar refractivity (Wildman–Crippen MR) is 76.5 cm³/mol. The third-order valence-corrected chi connectivity index (χ3v) is 4.75. The first-order valence-electron chi connectivity index (χ1n) is 6.38. The van der Waals surface area contributed by atoms with Gasteiger partial charge in [0.25, 0.3) is 0 Å². The Labute approximate surface area is 123 Å². The minimum atomic E-state index is -3.77. The summed E-state index contributed by atoms with van der Waals surface area (Å²) in [4.78, 5) is 0.0684. The number of aryl methyl sites for hydroxylation is 2. The molecule has 1 aromatic heterocycles. The van der Waals surface area contributed by atoms with E-state index in [0.717, 1.165) is 0 Å². The highest BCUT2D eigenvalue weighted by Crippen LogP contribution is 2.26. The molecule has 2 aromatic rings. The molecule has 0 saturated carbocycles. The second-order valence-electron chi connectivity index (χ2n) is 4.68. The molecular weight excluding hydrogens is 295 g/mol. The number of halogens is 1. The summed E-state index contributed by atoms with van der Waals surface area (Å²) in [6, 6.07) is 5.74. The van der Waals surface area contributed by atoms with Crippen LogP contribution in [0.3, 0.4) is 0 Å². The van der Waals surface area contributed by atoms with Gasteiger partial charge in [-0.15, -0.1) is 0 Å². The van der Waals surface area contributed by atoms with Gasteiger partial charge in [0.15, 0.2) is 0 Å². The van der Waals surface area contributed by atoms with Crippen LogP contribution in [0.1, 0.15) is 22.6 Å². The van der Waals surface area contributed by atoms with Crippen LogP contribution in [-0.2, 0) is 23.1 Å². The van der Waals surface area contributed by atoms with Gasteiger partial charge in [0, 0.05) is 18.7 Å². The first kappa shape index (κ1) is 15.7. The maximum absolute atomic E-state index is 13.1. The molecule has 1 aromatic carbocycles. The van der Waals surface area contributed by atoms with E-state index in [1.54, 1.807) is 19.9 Å². The van der Waals surface area contributed by atoms with E-state index in [4.69, 9.17) is 10.2 Å². The van der Waals surface area contributed by atoms with E-state index in [9.17, 15) is 12.8 Å². The molecule has 3 N–H and O–H groups in total. The molecule has 0 bridgehead atoms.